The van der Waals surface area contributed by atoms with E-state index in [0.717, 1.165) is 9.87 Å². The van der Waals surface area contributed by atoms with Crippen molar-refractivity contribution in [1.82, 2.24) is 10.2 Å². The van der Waals surface area contributed by atoms with Gasteiger partial charge in [0.15, 0.2) is 0 Å². The van der Waals surface area contributed by atoms with Gasteiger partial charge in [-0.25, -0.2) is 8.42 Å². The summed E-state index contributed by atoms with van der Waals surface area (Å²) in [6, 6.07) is 21.2. The topological polar surface area (TPSA) is 86.8 Å². The number of benzene rings is 3. The molecular formula is C26H28ClN3O4S. The average molecular weight is 514 g/mol. The lowest BCUT2D eigenvalue weighted by Gasteiger charge is -2.32. The van der Waals surface area contributed by atoms with Gasteiger partial charge in [-0.05, 0) is 49.2 Å². The Kier molecular flexibility index (Phi) is 8.53. The minimum absolute atomic E-state index is 0.0427. The van der Waals surface area contributed by atoms with Crippen LogP contribution in [0.25, 0.3) is 0 Å². The number of rotatable bonds is 9. The predicted octanol–water partition coefficient (Wildman–Crippen LogP) is 4.01. The van der Waals surface area contributed by atoms with Gasteiger partial charge in [-0.3, -0.25) is 13.9 Å². The number of anilines is 1. The van der Waals surface area contributed by atoms with E-state index < -0.39 is 28.5 Å². The Labute approximate surface area is 211 Å². The molecule has 0 aliphatic rings. The van der Waals surface area contributed by atoms with Crippen molar-refractivity contribution in [2.45, 2.75) is 31.3 Å². The largest absolute Gasteiger partial charge is 0.357 e. The highest BCUT2D eigenvalue weighted by Gasteiger charge is 2.32. The standard InChI is InChI=1S/C26H28ClN3O4S/c1-19-14-15-22(27)16-24(19)30(35(33,34)23-12-8-5-9-13-23)18-25(31)29(20(2)26(32)28-3)17-21-10-6-4-7-11-21/h4-16,20H,17-18H2,1-3H3,(H,28,32)/t20-/m0/s1. The van der Waals surface area contributed by atoms with Crippen LogP contribution >= 0.6 is 11.6 Å². The lowest BCUT2D eigenvalue weighted by Crippen LogP contribution is -2.50. The Morgan fingerprint density at radius 2 is 1.57 bits per heavy atom. The van der Waals surface area contributed by atoms with Gasteiger partial charge in [-0.15, -0.1) is 0 Å². The normalized spacial score (nSPS) is 12.0. The molecule has 0 saturated heterocycles. The van der Waals surface area contributed by atoms with E-state index in [1.54, 1.807) is 44.2 Å². The first kappa shape index (κ1) is 26.2. The van der Waals surface area contributed by atoms with Crippen molar-refractivity contribution in [3.8, 4) is 0 Å². The number of aryl methyl sites for hydroxylation is 1. The van der Waals surface area contributed by atoms with Crippen LogP contribution in [0.5, 0.6) is 0 Å². The van der Waals surface area contributed by atoms with Crippen molar-refractivity contribution >= 4 is 39.1 Å². The van der Waals surface area contributed by atoms with Crippen LogP contribution in [0.3, 0.4) is 0 Å². The van der Waals surface area contributed by atoms with E-state index in [0.29, 0.717) is 16.3 Å². The van der Waals surface area contributed by atoms with Crippen LogP contribution in [0.2, 0.25) is 5.02 Å². The van der Waals surface area contributed by atoms with E-state index in [2.05, 4.69) is 5.32 Å². The van der Waals surface area contributed by atoms with Gasteiger partial charge in [-0.1, -0.05) is 66.2 Å². The predicted molar refractivity (Wildman–Crippen MR) is 138 cm³/mol. The van der Waals surface area contributed by atoms with Crippen LogP contribution in [0, 0.1) is 6.92 Å². The molecule has 9 heteroatoms. The second kappa shape index (κ2) is 11.4. The molecule has 3 aromatic carbocycles. The first-order valence-electron chi connectivity index (χ1n) is 11.0. The zero-order chi connectivity index (χ0) is 25.6. The maximum Gasteiger partial charge on any atom is 0.264 e. The molecule has 0 aliphatic carbocycles. The van der Waals surface area contributed by atoms with Crippen molar-refractivity contribution in [2.24, 2.45) is 0 Å². The highest BCUT2D eigenvalue weighted by molar-refractivity contribution is 7.92. The van der Waals surface area contributed by atoms with E-state index >= 15 is 0 Å². The van der Waals surface area contributed by atoms with Gasteiger partial charge in [0.25, 0.3) is 10.0 Å². The number of nitrogens with zero attached hydrogens (tertiary/aromatic N) is 2. The van der Waals surface area contributed by atoms with Crippen molar-refractivity contribution < 1.29 is 18.0 Å². The Hall–Kier alpha value is -3.36. The fourth-order valence-corrected chi connectivity index (χ4v) is 5.31. The first-order chi connectivity index (χ1) is 16.6. The molecule has 35 heavy (non-hydrogen) atoms. The van der Waals surface area contributed by atoms with Gasteiger partial charge >= 0.3 is 0 Å². The molecule has 184 valence electrons. The monoisotopic (exact) mass is 513 g/mol. The quantitative estimate of drug-likeness (QED) is 0.468. The summed E-state index contributed by atoms with van der Waals surface area (Å²) in [4.78, 5) is 27.6. The molecule has 0 aromatic heterocycles. The van der Waals surface area contributed by atoms with Crippen molar-refractivity contribution in [3.05, 3.63) is 95.0 Å². The lowest BCUT2D eigenvalue weighted by molar-refractivity contribution is -0.139. The summed E-state index contributed by atoms with van der Waals surface area (Å²) in [5.41, 5.74) is 1.74. The fourth-order valence-electron chi connectivity index (χ4n) is 3.66. The molecule has 7 nitrogen and oxygen atoms in total. The zero-order valence-electron chi connectivity index (χ0n) is 19.8. The summed E-state index contributed by atoms with van der Waals surface area (Å²) in [6.45, 7) is 2.99. The number of hydrogen-bond donors (Lipinski definition) is 1. The average Bonchev–Trinajstić information content (AvgIpc) is 2.87. The fraction of sp³-hybridized carbons (Fsp3) is 0.231. The third-order valence-electron chi connectivity index (χ3n) is 5.66. The molecule has 0 saturated carbocycles. The Bertz CT molecular complexity index is 1280. The Balaban J connectivity index is 2.06. The number of nitrogens with one attached hydrogen (secondary N) is 1. The van der Waals surface area contributed by atoms with Gasteiger partial charge in [0.1, 0.15) is 12.6 Å². The molecule has 0 fully saturated rings. The van der Waals surface area contributed by atoms with Crippen LogP contribution in [-0.2, 0) is 26.2 Å². The Morgan fingerprint density at radius 1 is 0.971 bits per heavy atom. The van der Waals surface area contributed by atoms with E-state index in [9.17, 15) is 18.0 Å². The molecule has 0 radical (unpaired) electrons. The molecule has 3 aromatic rings. The zero-order valence-corrected chi connectivity index (χ0v) is 21.4. The van der Waals surface area contributed by atoms with Crippen LogP contribution in [0.15, 0.2) is 83.8 Å². The summed E-state index contributed by atoms with van der Waals surface area (Å²) < 4.78 is 28.5. The van der Waals surface area contributed by atoms with E-state index in [-0.39, 0.29) is 17.3 Å². The number of halogens is 1. The highest BCUT2D eigenvalue weighted by atomic mass is 35.5. The molecule has 0 spiro atoms. The number of hydrogen-bond acceptors (Lipinski definition) is 4. The maximum absolute atomic E-state index is 13.7. The number of carbonyl (C=O) groups excluding carboxylic acids is 2. The van der Waals surface area contributed by atoms with Gasteiger partial charge in [0.2, 0.25) is 11.8 Å². The third-order valence-corrected chi connectivity index (χ3v) is 7.67. The minimum atomic E-state index is -4.12. The van der Waals surface area contributed by atoms with Gasteiger partial charge in [0.05, 0.1) is 10.6 Å². The second-order valence-electron chi connectivity index (χ2n) is 8.05. The van der Waals surface area contributed by atoms with Gasteiger partial charge in [-0.2, -0.15) is 0 Å². The molecule has 1 atom stereocenters. The molecule has 0 heterocycles. The Morgan fingerprint density at radius 3 is 2.17 bits per heavy atom. The third kappa shape index (κ3) is 6.21. The maximum atomic E-state index is 13.7. The lowest BCUT2D eigenvalue weighted by atomic mass is 10.1. The number of likely N-dealkylation sites (N-methyl/N-ethyl adjacent to an activating group) is 1. The van der Waals surface area contributed by atoms with Crippen molar-refractivity contribution in [2.75, 3.05) is 17.9 Å². The van der Waals surface area contributed by atoms with Crippen molar-refractivity contribution in [3.63, 3.8) is 0 Å². The van der Waals surface area contributed by atoms with E-state index in [1.807, 2.05) is 30.3 Å². The summed E-state index contributed by atoms with van der Waals surface area (Å²) in [6.07, 6.45) is 0. The number of amides is 2. The summed E-state index contributed by atoms with van der Waals surface area (Å²) in [5, 5.41) is 2.90. The molecule has 0 bridgehead atoms. The highest BCUT2D eigenvalue weighted by Crippen LogP contribution is 2.30. The number of sulfonamides is 1. The SMILES string of the molecule is CNC(=O)[C@H](C)N(Cc1ccccc1)C(=O)CN(c1cc(Cl)ccc1C)S(=O)(=O)c1ccccc1. The number of carbonyl (C=O) groups is 2. The second-order valence-corrected chi connectivity index (χ2v) is 10.4. The molecule has 0 aliphatic heterocycles. The van der Waals surface area contributed by atoms with Crippen molar-refractivity contribution in [1.29, 1.82) is 0 Å². The van der Waals surface area contributed by atoms with Crippen LogP contribution < -0.4 is 9.62 Å². The smallest absolute Gasteiger partial charge is 0.264 e. The first-order valence-corrected chi connectivity index (χ1v) is 12.9. The van der Waals surface area contributed by atoms with Gasteiger partial charge < -0.3 is 10.2 Å². The summed E-state index contributed by atoms with van der Waals surface area (Å²) in [7, 11) is -2.63. The molecule has 1 N–H and O–H groups in total. The van der Waals surface area contributed by atoms with E-state index in [1.165, 1.54) is 30.1 Å². The summed E-state index contributed by atoms with van der Waals surface area (Å²) >= 11 is 6.20. The molecule has 3 rings (SSSR count). The molecule has 0 unspecified atom stereocenters. The van der Waals surface area contributed by atoms with E-state index in [4.69, 9.17) is 11.6 Å². The minimum Gasteiger partial charge on any atom is -0.357 e. The van der Waals surface area contributed by atoms with Crippen LogP contribution in [-0.4, -0.2) is 44.8 Å². The van der Waals surface area contributed by atoms with Crippen LogP contribution in [0.1, 0.15) is 18.1 Å². The molecule has 2 amide bonds. The van der Waals surface area contributed by atoms with Crippen LogP contribution in [0.4, 0.5) is 5.69 Å². The van der Waals surface area contributed by atoms with Gasteiger partial charge in [0, 0.05) is 18.6 Å². The molecular weight excluding hydrogens is 486 g/mol. The summed E-state index contributed by atoms with van der Waals surface area (Å²) in [5.74, 6) is -0.880.